The van der Waals surface area contributed by atoms with Crippen LogP contribution in [0.4, 0.5) is 0 Å². The maximum atomic E-state index is 11.7. The first kappa shape index (κ1) is 15.8. The van der Waals surface area contributed by atoms with Crippen molar-refractivity contribution in [2.45, 2.75) is 20.3 Å². The van der Waals surface area contributed by atoms with Gasteiger partial charge < -0.3 is 9.14 Å². The number of nitrogens with zero attached hydrogens (tertiary/aromatic N) is 1. The van der Waals surface area contributed by atoms with Gasteiger partial charge in [-0.3, -0.25) is 4.79 Å². The minimum atomic E-state index is 0.626. The van der Waals surface area contributed by atoms with Crippen LogP contribution in [-0.4, -0.2) is 17.3 Å². The average molecular weight is 372 g/mol. The lowest BCUT2D eigenvalue weighted by Crippen LogP contribution is -1.95. The van der Waals surface area contributed by atoms with Crippen molar-refractivity contribution in [3.8, 4) is 16.9 Å². The van der Waals surface area contributed by atoms with E-state index >= 15 is 0 Å². The number of benzene rings is 1. The maximum absolute atomic E-state index is 11.7. The van der Waals surface area contributed by atoms with E-state index < -0.39 is 0 Å². The summed E-state index contributed by atoms with van der Waals surface area (Å²) in [6.45, 7) is 4.69. The standard InChI is InChI=1S/C19H18BrNO2/c1-3-13-5-6-14-9-17(19(12-22)21(14)11-13)16-8-7-15(23-4-2)10-18(16)20/h5-12H,3-4H2,1-2H3. The number of hydrogen-bond acceptors (Lipinski definition) is 2. The number of fused-ring (bicyclic) bond motifs is 1. The van der Waals surface area contributed by atoms with Gasteiger partial charge in [0.05, 0.1) is 12.3 Å². The average Bonchev–Trinajstić information content (AvgIpc) is 2.92. The number of carbonyl (C=O) groups is 1. The van der Waals surface area contributed by atoms with Crippen molar-refractivity contribution in [1.82, 2.24) is 4.40 Å². The molecule has 0 aliphatic carbocycles. The Kier molecular flexibility index (Phi) is 4.53. The Bertz CT molecular complexity index is 867. The maximum Gasteiger partial charge on any atom is 0.167 e. The number of pyridine rings is 1. The Morgan fingerprint density at radius 2 is 1.96 bits per heavy atom. The number of rotatable bonds is 5. The van der Waals surface area contributed by atoms with Gasteiger partial charge in [0.25, 0.3) is 0 Å². The Balaban J connectivity index is 2.18. The van der Waals surface area contributed by atoms with Crippen LogP contribution in [0.15, 0.2) is 47.1 Å². The molecular formula is C19H18BrNO2. The number of ether oxygens (including phenoxy) is 1. The molecular weight excluding hydrogens is 354 g/mol. The van der Waals surface area contributed by atoms with Crippen LogP contribution in [0.2, 0.25) is 0 Å². The zero-order valence-electron chi connectivity index (χ0n) is 13.2. The van der Waals surface area contributed by atoms with E-state index in [0.717, 1.165) is 39.6 Å². The molecule has 0 fully saturated rings. The SMILES string of the molecule is CCOc1ccc(-c2cc3ccc(CC)cn3c2C=O)c(Br)c1. The van der Waals surface area contributed by atoms with Crippen LogP contribution >= 0.6 is 15.9 Å². The smallest absolute Gasteiger partial charge is 0.167 e. The molecule has 3 aromatic rings. The third-order valence-corrected chi connectivity index (χ3v) is 4.59. The first-order chi connectivity index (χ1) is 11.2. The quantitative estimate of drug-likeness (QED) is 0.581. The highest BCUT2D eigenvalue weighted by Gasteiger charge is 2.14. The van der Waals surface area contributed by atoms with Crippen LogP contribution in [0.3, 0.4) is 0 Å². The Hall–Kier alpha value is -2.07. The highest BCUT2D eigenvalue weighted by molar-refractivity contribution is 9.10. The van der Waals surface area contributed by atoms with Crippen molar-refractivity contribution < 1.29 is 9.53 Å². The molecule has 0 saturated heterocycles. The molecule has 3 rings (SSSR count). The predicted molar refractivity (Wildman–Crippen MR) is 96.5 cm³/mol. The van der Waals surface area contributed by atoms with E-state index in [-0.39, 0.29) is 0 Å². The summed E-state index contributed by atoms with van der Waals surface area (Å²) in [5.74, 6) is 0.813. The largest absolute Gasteiger partial charge is 0.494 e. The summed E-state index contributed by atoms with van der Waals surface area (Å²) >= 11 is 3.60. The van der Waals surface area contributed by atoms with E-state index in [2.05, 4.69) is 35.0 Å². The van der Waals surface area contributed by atoms with E-state index in [1.165, 1.54) is 5.56 Å². The normalized spacial score (nSPS) is 10.9. The number of aryl methyl sites for hydroxylation is 1. The molecule has 0 spiro atoms. The molecule has 0 radical (unpaired) electrons. The molecule has 0 unspecified atom stereocenters. The third kappa shape index (κ3) is 2.91. The summed E-state index contributed by atoms with van der Waals surface area (Å²) in [5.41, 5.74) is 4.79. The lowest BCUT2D eigenvalue weighted by molar-refractivity contribution is 0.111. The molecule has 2 aromatic heterocycles. The zero-order valence-corrected chi connectivity index (χ0v) is 14.8. The Labute approximate surface area is 144 Å². The number of carbonyl (C=O) groups excluding carboxylic acids is 1. The van der Waals surface area contributed by atoms with Crippen LogP contribution in [0.25, 0.3) is 16.6 Å². The molecule has 0 saturated carbocycles. The second-order valence-electron chi connectivity index (χ2n) is 5.32. The Morgan fingerprint density at radius 3 is 2.61 bits per heavy atom. The van der Waals surface area contributed by atoms with Crippen LogP contribution < -0.4 is 4.74 Å². The summed E-state index contributed by atoms with van der Waals surface area (Å²) in [7, 11) is 0. The van der Waals surface area contributed by atoms with Gasteiger partial charge >= 0.3 is 0 Å². The second kappa shape index (κ2) is 6.59. The van der Waals surface area contributed by atoms with Crippen LogP contribution in [0, 0.1) is 0 Å². The molecule has 0 N–H and O–H groups in total. The van der Waals surface area contributed by atoms with Crippen LogP contribution in [-0.2, 0) is 6.42 Å². The van der Waals surface area contributed by atoms with Gasteiger partial charge in [0.15, 0.2) is 6.29 Å². The molecule has 2 heterocycles. The van der Waals surface area contributed by atoms with E-state index in [1.807, 2.05) is 41.8 Å². The minimum Gasteiger partial charge on any atom is -0.494 e. The van der Waals surface area contributed by atoms with E-state index in [0.29, 0.717) is 12.3 Å². The van der Waals surface area contributed by atoms with Gasteiger partial charge in [-0.25, -0.2) is 0 Å². The molecule has 0 atom stereocenters. The molecule has 0 amide bonds. The highest BCUT2D eigenvalue weighted by Crippen LogP contribution is 2.35. The number of hydrogen-bond donors (Lipinski definition) is 0. The molecule has 4 heteroatoms. The van der Waals surface area contributed by atoms with Gasteiger partial charge in [-0.15, -0.1) is 0 Å². The van der Waals surface area contributed by atoms with Gasteiger partial charge in [-0.2, -0.15) is 0 Å². The third-order valence-electron chi connectivity index (χ3n) is 3.93. The molecule has 1 aromatic carbocycles. The summed E-state index contributed by atoms with van der Waals surface area (Å²) in [4.78, 5) is 11.7. The predicted octanol–water partition coefficient (Wildman–Crippen LogP) is 5.14. The molecule has 0 bridgehead atoms. The molecule has 23 heavy (non-hydrogen) atoms. The number of halogens is 1. The zero-order chi connectivity index (χ0) is 16.4. The molecule has 118 valence electrons. The van der Waals surface area contributed by atoms with Crippen LogP contribution in [0.1, 0.15) is 29.9 Å². The highest BCUT2D eigenvalue weighted by atomic mass is 79.9. The fourth-order valence-corrected chi connectivity index (χ4v) is 3.32. The monoisotopic (exact) mass is 371 g/mol. The molecule has 3 nitrogen and oxygen atoms in total. The van der Waals surface area contributed by atoms with Crippen molar-refractivity contribution in [3.63, 3.8) is 0 Å². The van der Waals surface area contributed by atoms with Crippen molar-refractivity contribution in [3.05, 3.63) is 58.3 Å². The first-order valence-electron chi connectivity index (χ1n) is 7.69. The van der Waals surface area contributed by atoms with E-state index in [9.17, 15) is 4.79 Å². The summed E-state index contributed by atoms with van der Waals surface area (Å²) < 4.78 is 8.40. The number of aromatic nitrogens is 1. The first-order valence-corrected chi connectivity index (χ1v) is 8.49. The molecule has 0 aliphatic heterocycles. The molecule has 0 aliphatic rings. The topological polar surface area (TPSA) is 30.7 Å². The van der Waals surface area contributed by atoms with Crippen molar-refractivity contribution in [1.29, 1.82) is 0 Å². The van der Waals surface area contributed by atoms with Gasteiger partial charge in [-0.1, -0.05) is 28.9 Å². The summed E-state index contributed by atoms with van der Waals surface area (Å²) in [5, 5.41) is 0. The van der Waals surface area contributed by atoms with E-state index in [4.69, 9.17) is 4.74 Å². The lowest BCUT2D eigenvalue weighted by atomic mass is 10.1. The Morgan fingerprint density at radius 1 is 1.13 bits per heavy atom. The summed E-state index contributed by atoms with van der Waals surface area (Å²) in [6.07, 6.45) is 3.89. The van der Waals surface area contributed by atoms with Crippen molar-refractivity contribution in [2.24, 2.45) is 0 Å². The fraction of sp³-hybridized carbons (Fsp3) is 0.211. The fourth-order valence-electron chi connectivity index (χ4n) is 2.75. The second-order valence-corrected chi connectivity index (χ2v) is 6.18. The number of aldehydes is 1. The van der Waals surface area contributed by atoms with Gasteiger partial charge in [0.2, 0.25) is 0 Å². The van der Waals surface area contributed by atoms with Gasteiger partial charge in [0.1, 0.15) is 5.75 Å². The van der Waals surface area contributed by atoms with Gasteiger partial charge in [0, 0.05) is 21.7 Å². The summed E-state index contributed by atoms with van der Waals surface area (Å²) in [6, 6.07) is 12.0. The lowest BCUT2D eigenvalue weighted by Gasteiger charge is -2.08. The van der Waals surface area contributed by atoms with Crippen molar-refractivity contribution >= 4 is 27.7 Å². The van der Waals surface area contributed by atoms with Crippen LogP contribution in [0.5, 0.6) is 5.75 Å². The van der Waals surface area contributed by atoms with Crippen molar-refractivity contribution in [2.75, 3.05) is 6.61 Å². The van der Waals surface area contributed by atoms with E-state index in [1.54, 1.807) is 0 Å². The van der Waals surface area contributed by atoms with Gasteiger partial charge in [-0.05, 0) is 54.8 Å². The minimum absolute atomic E-state index is 0.626.